The second-order valence-corrected chi connectivity index (χ2v) is 6.44. The molecule has 4 rings (SSSR count). The van der Waals surface area contributed by atoms with Crippen LogP contribution in [-0.4, -0.2) is 15.6 Å². The molecule has 0 radical (unpaired) electrons. The number of nitrogens with zero attached hydrogens (tertiary/aromatic N) is 2. The van der Waals surface area contributed by atoms with Gasteiger partial charge < -0.3 is 5.73 Å². The van der Waals surface area contributed by atoms with Crippen molar-refractivity contribution in [2.24, 2.45) is 0 Å². The van der Waals surface area contributed by atoms with Gasteiger partial charge in [0.2, 0.25) is 0 Å². The summed E-state index contributed by atoms with van der Waals surface area (Å²) in [5.41, 5.74) is 10.4. The molecule has 0 saturated carbocycles. The molecular weight excluding hydrogens is 302 g/mol. The first-order chi connectivity index (χ1) is 11.2. The van der Waals surface area contributed by atoms with Crippen LogP contribution >= 0.6 is 11.8 Å². The van der Waals surface area contributed by atoms with E-state index in [-0.39, 0.29) is 0 Å². The molecule has 3 nitrogen and oxygen atoms in total. The fourth-order valence-corrected chi connectivity index (χ4v) is 3.67. The third kappa shape index (κ3) is 2.10. The molecule has 0 bridgehead atoms. The molecule has 2 heterocycles. The number of pyridine rings is 1. The van der Waals surface area contributed by atoms with Crippen LogP contribution in [0.15, 0.2) is 59.6 Å². The molecule has 23 heavy (non-hydrogen) atoms. The van der Waals surface area contributed by atoms with Gasteiger partial charge in [-0.1, -0.05) is 36.4 Å². The number of aryl methyl sites for hydroxylation is 1. The third-order valence-corrected chi connectivity index (χ3v) is 5.06. The zero-order valence-corrected chi connectivity index (χ0v) is 13.9. The van der Waals surface area contributed by atoms with Crippen molar-refractivity contribution in [3.05, 3.63) is 60.3 Å². The number of hydrogen-bond acceptors (Lipinski definition) is 3. The van der Waals surface area contributed by atoms with E-state index in [9.17, 15) is 0 Å². The van der Waals surface area contributed by atoms with Crippen molar-refractivity contribution in [2.75, 3.05) is 12.0 Å². The number of nitrogen functional groups attached to an aromatic ring is 1. The Hall–Kier alpha value is -2.46. The Morgan fingerprint density at radius 2 is 1.83 bits per heavy atom. The molecule has 2 aromatic heterocycles. The zero-order valence-electron chi connectivity index (χ0n) is 13.1. The molecule has 0 atom stereocenters. The number of aromatic nitrogens is 2. The van der Waals surface area contributed by atoms with Crippen molar-refractivity contribution >= 4 is 34.0 Å². The second-order valence-electron chi connectivity index (χ2n) is 5.59. The fourth-order valence-electron chi connectivity index (χ4n) is 3.06. The van der Waals surface area contributed by atoms with Crippen LogP contribution in [0.3, 0.4) is 0 Å². The van der Waals surface area contributed by atoms with E-state index in [2.05, 4.69) is 49.6 Å². The number of fused-ring (bicyclic) bond motifs is 3. The van der Waals surface area contributed by atoms with E-state index in [0.717, 1.165) is 22.3 Å². The summed E-state index contributed by atoms with van der Waals surface area (Å²) in [6.45, 7) is 2.09. The van der Waals surface area contributed by atoms with Gasteiger partial charge in [-0.2, -0.15) is 0 Å². The van der Waals surface area contributed by atoms with Crippen LogP contribution in [0.25, 0.3) is 27.7 Å². The molecule has 2 aromatic carbocycles. The monoisotopic (exact) mass is 319 g/mol. The average molecular weight is 319 g/mol. The van der Waals surface area contributed by atoms with E-state index in [1.54, 1.807) is 11.8 Å². The molecule has 4 heteroatoms. The Labute approximate surface area is 139 Å². The number of benzene rings is 2. The van der Waals surface area contributed by atoms with Gasteiger partial charge in [0, 0.05) is 27.4 Å². The summed E-state index contributed by atoms with van der Waals surface area (Å²) in [7, 11) is 0. The van der Waals surface area contributed by atoms with Gasteiger partial charge in [0.25, 0.3) is 0 Å². The molecule has 2 N–H and O–H groups in total. The first kappa shape index (κ1) is 14.2. The molecule has 0 fully saturated rings. The van der Waals surface area contributed by atoms with Crippen molar-refractivity contribution in [2.45, 2.75) is 11.8 Å². The first-order valence-corrected chi connectivity index (χ1v) is 8.72. The quantitative estimate of drug-likeness (QED) is 0.541. The molecule has 0 aliphatic carbocycles. The lowest BCUT2D eigenvalue weighted by Crippen LogP contribution is -1.95. The smallest absolute Gasteiger partial charge is 0.147 e. The van der Waals surface area contributed by atoms with Crippen molar-refractivity contribution < 1.29 is 0 Å². The highest BCUT2D eigenvalue weighted by Crippen LogP contribution is 2.34. The Kier molecular flexibility index (Phi) is 3.27. The highest BCUT2D eigenvalue weighted by molar-refractivity contribution is 7.98. The number of hydrogen-bond donors (Lipinski definition) is 1. The van der Waals surface area contributed by atoms with Crippen LogP contribution in [0, 0.1) is 6.92 Å². The molecule has 0 unspecified atom stereocenters. The Balaban J connectivity index is 2.08. The SMILES string of the molecule is CSc1cccc2c1ccn1c(N)c(-c3ccccc3C)nc21. The minimum atomic E-state index is 0.686. The minimum absolute atomic E-state index is 0.686. The summed E-state index contributed by atoms with van der Waals surface area (Å²) < 4.78 is 1.98. The summed E-state index contributed by atoms with van der Waals surface area (Å²) in [5, 5.41) is 2.35. The maximum Gasteiger partial charge on any atom is 0.147 e. The van der Waals surface area contributed by atoms with E-state index in [1.807, 2.05) is 22.7 Å². The summed E-state index contributed by atoms with van der Waals surface area (Å²) in [4.78, 5) is 6.13. The van der Waals surface area contributed by atoms with Crippen LogP contribution in [0.1, 0.15) is 5.56 Å². The van der Waals surface area contributed by atoms with E-state index in [4.69, 9.17) is 10.7 Å². The molecule has 0 amide bonds. The number of nitrogens with two attached hydrogens (primary N) is 1. The predicted molar refractivity (Wildman–Crippen MR) is 99.1 cm³/mol. The number of thioether (sulfide) groups is 1. The summed E-state index contributed by atoms with van der Waals surface area (Å²) in [5.74, 6) is 0.686. The minimum Gasteiger partial charge on any atom is -0.383 e. The van der Waals surface area contributed by atoms with Gasteiger partial charge in [-0.05, 0) is 30.9 Å². The van der Waals surface area contributed by atoms with Crippen LogP contribution in [0.2, 0.25) is 0 Å². The molecule has 0 saturated heterocycles. The van der Waals surface area contributed by atoms with Gasteiger partial charge in [-0.25, -0.2) is 4.98 Å². The standard InChI is InChI=1S/C19H17N3S/c1-12-6-3-4-7-13(12)17-18(20)22-11-10-14-15(19(22)21-17)8-5-9-16(14)23-2/h3-11H,20H2,1-2H3. The van der Waals surface area contributed by atoms with Crippen LogP contribution < -0.4 is 5.73 Å². The van der Waals surface area contributed by atoms with Crippen molar-refractivity contribution in [3.8, 4) is 11.3 Å². The average Bonchev–Trinajstić information content (AvgIpc) is 2.92. The van der Waals surface area contributed by atoms with Gasteiger partial charge in [-0.3, -0.25) is 4.40 Å². The maximum atomic E-state index is 6.40. The van der Waals surface area contributed by atoms with E-state index >= 15 is 0 Å². The van der Waals surface area contributed by atoms with Crippen LogP contribution in [0.5, 0.6) is 0 Å². The molecule has 0 spiro atoms. The first-order valence-electron chi connectivity index (χ1n) is 7.50. The molecule has 4 aromatic rings. The molecule has 114 valence electrons. The highest BCUT2D eigenvalue weighted by Gasteiger charge is 2.15. The summed E-state index contributed by atoms with van der Waals surface area (Å²) in [6, 6.07) is 16.7. The Bertz CT molecular complexity index is 1030. The number of rotatable bonds is 2. The number of imidazole rings is 1. The Morgan fingerprint density at radius 1 is 1.00 bits per heavy atom. The lowest BCUT2D eigenvalue weighted by Gasteiger charge is -2.05. The molecular formula is C19H17N3S. The summed E-state index contributed by atoms with van der Waals surface area (Å²) in [6.07, 6.45) is 4.11. The molecule has 0 aliphatic rings. The van der Waals surface area contributed by atoms with Crippen molar-refractivity contribution in [3.63, 3.8) is 0 Å². The summed E-state index contributed by atoms with van der Waals surface area (Å²) >= 11 is 1.75. The van der Waals surface area contributed by atoms with Crippen molar-refractivity contribution in [1.82, 2.24) is 9.38 Å². The van der Waals surface area contributed by atoms with Gasteiger partial charge in [-0.15, -0.1) is 11.8 Å². The fraction of sp³-hybridized carbons (Fsp3) is 0.105. The van der Waals surface area contributed by atoms with Crippen molar-refractivity contribution in [1.29, 1.82) is 0 Å². The second kappa shape index (κ2) is 5.32. The predicted octanol–water partition coefficient (Wildman–Crippen LogP) is 4.77. The van der Waals surface area contributed by atoms with Gasteiger partial charge in [0.15, 0.2) is 0 Å². The van der Waals surface area contributed by atoms with Gasteiger partial charge >= 0.3 is 0 Å². The largest absolute Gasteiger partial charge is 0.383 e. The van der Waals surface area contributed by atoms with E-state index < -0.39 is 0 Å². The lowest BCUT2D eigenvalue weighted by molar-refractivity contribution is 1.21. The maximum absolute atomic E-state index is 6.40. The van der Waals surface area contributed by atoms with E-state index in [1.165, 1.54) is 15.8 Å². The topological polar surface area (TPSA) is 43.3 Å². The van der Waals surface area contributed by atoms with E-state index in [0.29, 0.717) is 5.82 Å². The van der Waals surface area contributed by atoms with Crippen LogP contribution in [-0.2, 0) is 0 Å². The zero-order chi connectivity index (χ0) is 16.0. The normalized spacial score (nSPS) is 11.4. The number of anilines is 1. The van der Waals surface area contributed by atoms with Crippen LogP contribution in [0.4, 0.5) is 5.82 Å². The Morgan fingerprint density at radius 3 is 2.61 bits per heavy atom. The molecule has 0 aliphatic heterocycles. The van der Waals surface area contributed by atoms with Gasteiger partial charge in [0.1, 0.15) is 17.2 Å². The lowest BCUT2D eigenvalue weighted by atomic mass is 10.1. The third-order valence-electron chi connectivity index (χ3n) is 4.27. The van der Waals surface area contributed by atoms with Gasteiger partial charge in [0.05, 0.1) is 0 Å². The highest BCUT2D eigenvalue weighted by atomic mass is 32.2.